The summed E-state index contributed by atoms with van der Waals surface area (Å²) in [5.41, 5.74) is 0. The molecular formula is C8H9NOS. The molecule has 1 aromatic rings. The number of benzene rings is 1. The first kappa shape index (κ1) is 8.27. The maximum Gasteiger partial charge on any atom is 0.139 e. The van der Waals surface area contributed by atoms with Gasteiger partial charge in [-0.05, 0) is 19.1 Å². The largest absolute Gasteiger partial charge is 0.150 e. The fourth-order valence-electron chi connectivity index (χ4n) is 0.718. The normalized spacial score (nSPS) is 12.5. The van der Waals surface area contributed by atoms with E-state index in [9.17, 15) is 4.91 Å². The third kappa shape index (κ3) is 2.72. The highest BCUT2D eigenvalue weighted by molar-refractivity contribution is 7.99. The predicted molar refractivity (Wildman–Crippen MR) is 47.6 cm³/mol. The van der Waals surface area contributed by atoms with E-state index < -0.39 is 0 Å². The van der Waals surface area contributed by atoms with Gasteiger partial charge in [0.25, 0.3) is 0 Å². The lowest BCUT2D eigenvalue weighted by atomic mass is 10.4. The van der Waals surface area contributed by atoms with Crippen molar-refractivity contribution >= 4 is 11.8 Å². The molecule has 0 radical (unpaired) electrons. The van der Waals surface area contributed by atoms with E-state index in [-0.39, 0.29) is 5.37 Å². The van der Waals surface area contributed by atoms with E-state index in [0.29, 0.717) is 0 Å². The first-order valence-corrected chi connectivity index (χ1v) is 4.25. The first-order chi connectivity index (χ1) is 5.33. The molecule has 0 heterocycles. The Morgan fingerprint density at radius 2 is 2.00 bits per heavy atom. The monoisotopic (exact) mass is 167 g/mol. The van der Waals surface area contributed by atoms with Gasteiger partial charge in [-0.25, -0.2) is 0 Å². The molecule has 1 rings (SSSR count). The molecule has 3 heteroatoms. The maximum absolute atomic E-state index is 10.0. The third-order valence-electron chi connectivity index (χ3n) is 1.20. The third-order valence-corrected chi connectivity index (χ3v) is 2.17. The molecule has 0 amide bonds. The summed E-state index contributed by atoms with van der Waals surface area (Å²) in [5, 5.41) is 2.70. The molecule has 11 heavy (non-hydrogen) atoms. The van der Waals surface area contributed by atoms with Gasteiger partial charge in [-0.2, -0.15) is 0 Å². The zero-order chi connectivity index (χ0) is 8.10. The van der Waals surface area contributed by atoms with Crippen molar-refractivity contribution in [2.24, 2.45) is 5.18 Å². The molecule has 58 valence electrons. The second-order valence-electron chi connectivity index (χ2n) is 2.14. The topological polar surface area (TPSA) is 29.4 Å². The van der Waals surface area contributed by atoms with Gasteiger partial charge in [0.2, 0.25) is 0 Å². The lowest BCUT2D eigenvalue weighted by Crippen LogP contribution is -1.86. The molecule has 1 unspecified atom stereocenters. The van der Waals surface area contributed by atoms with Crippen LogP contribution >= 0.6 is 11.8 Å². The number of hydrogen-bond acceptors (Lipinski definition) is 3. The Morgan fingerprint density at radius 1 is 1.36 bits per heavy atom. The summed E-state index contributed by atoms with van der Waals surface area (Å²) in [4.78, 5) is 11.1. The molecule has 0 aliphatic rings. The zero-order valence-corrected chi connectivity index (χ0v) is 7.04. The number of hydrogen-bond donors (Lipinski definition) is 0. The van der Waals surface area contributed by atoms with Gasteiger partial charge in [-0.1, -0.05) is 35.1 Å². The van der Waals surface area contributed by atoms with E-state index in [4.69, 9.17) is 0 Å². The van der Waals surface area contributed by atoms with Crippen LogP contribution in [0.15, 0.2) is 40.4 Å². The Kier molecular flexibility index (Phi) is 3.11. The van der Waals surface area contributed by atoms with Gasteiger partial charge in [0, 0.05) is 4.90 Å². The molecule has 0 aliphatic carbocycles. The summed E-state index contributed by atoms with van der Waals surface area (Å²) in [6.07, 6.45) is 0. The highest BCUT2D eigenvalue weighted by Crippen LogP contribution is 2.22. The standard InChI is InChI=1S/C8H9NOS/c1-7(9-10)11-8-5-3-2-4-6-8/h2-7H,1H3. The molecule has 2 nitrogen and oxygen atoms in total. The summed E-state index contributed by atoms with van der Waals surface area (Å²) in [6, 6.07) is 9.77. The van der Waals surface area contributed by atoms with Gasteiger partial charge in [0.15, 0.2) is 0 Å². The van der Waals surface area contributed by atoms with Crippen LogP contribution in [0.1, 0.15) is 6.92 Å². The van der Waals surface area contributed by atoms with E-state index in [1.807, 2.05) is 30.3 Å². The fourth-order valence-corrected chi connectivity index (χ4v) is 1.47. The summed E-state index contributed by atoms with van der Waals surface area (Å²) < 4.78 is 0. The predicted octanol–water partition coefficient (Wildman–Crippen LogP) is 2.89. The van der Waals surface area contributed by atoms with Crippen LogP contribution in [0.4, 0.5) is 0 Å². The SMILES string of the molecule is CC(N=O)Sc1ccccc1. The van der Waals surface area contributed by atoms with Crippen molar-refractivity contribution in [3.05, 3.63) is 35.2 Å². The lowest BCUT2D eigenvalue weighted by molar-refractivity contribution is 1.03. The quantitative estimate of drug-likeness (QED) is 0.511. The van der Waals surface area contributed by atoms with Crippen molar-refractivity contribution < 1.29 is 0 Å². The molecule has 0 bridgehead atoms. The van der Waals surface area contributed by atoms with Crippen molar-refractivity contribution in [3.63, 3.8) is 0 Å². The summed E-state index contributed by atoms with van der Waals surface area (Å²) in [7, 11) is 0. The smallest absolute Gasteiger partial charge is 0.139 e. The molecule has 1 atom stereocenters. The van der Waals surface area contributed by atoms with Crippen LogP contribution in [0.2, 0.25) is 0 Å². The summed E-state index contributed by atoms with van der Waals surface area (Å²) in [6.45, 7) is 1.78. The van der Waals surface area contributed by atoms with Crippen molar-refractivity contribution in [2.75, 3.05) is 0 Å². The molecule has 0 saturated carbocycles. The molecule has 0 fully saturated rings. The van der Waals surface area contributed by atoms with Crippen molar-refractivity contribution in [1.29, 1.82) is 0 Å². The minimum Gasteiger partial charge on any atom is -0.150 e. The van der Waals surface area contributed by atoms with Crippen LogP contribution in [0.25, 0.3) is 0 Å². The van der Waals surface area contributed by atoms with Gasteiger partial charge in [0.1, 0.15) is 5.37 Å². The second-order valence-corrected chi connectivity index (χ2v) is 3.52. The highest BCUT2D eigenvalue weighted by Gasteiger charge is 2.00. The van der Waals surface area contributed by atoms with E-state index in [1.54, 1.807) is 6.92 Å². The molecular weight excluding hydrogens is 158 g/mol. The number of nitroso groups, excluding NO2 is 1. The molecule has 0 N–H and O–H groups in total. The molecule has 0 saturated heterocycles. The molecule has 0 aromatic heterocycles. The van der Waals surface area contributed by atoms with Crippen LogP contribution < -0.4 is 0 Å². The van der Waals surface area contributed by atoms with Crippen molar-refractivity contribution in [3.8, 4) is 0 Å². The van der Waals surface area contributed by atoms with Crippen molar-refractivity contribution in [1.82, 2.24) is 0 Å². The van der Waals surface area contributed by atoms with Crippen molar-refractivity contribution in [2.45, 2.75) is 17.2 Å². The van der Waals surface area contributed by atoms with E-state index in [0.717, 1.165) is 4.90 Å². The minimum absolute atomic E-state index is 0.197. The lowest BCUT2D eigenvalue weighted by Gasteiger charge is -2.00. The van der Waals surface area contributed by atoms with Crippen LogP contribution in [0.3, 0.4) is 0 Å². The Balaban J connectivity index is 2.57. The van der Waals surface area contributed by atoms with E-state index >= 15 is 0 Å². The summed E-state index contributed by atoms with van der Waals surface area (Å²) >= 11 is 1.46. The van der Waals surface area contributed by atoms with E-state index in [1.165, 1.54) is 11.8 Å². The van der Waals surface area contributed by atoms with Crippen LogP contribution in [-0.2, 0) is 0 Å². The van der Waals surface area contributed by atoms with Gasteiger partial charge in [-0.15, -0.1) is 4.91 Å². The molecule has 0 aliphatic heterocycles. The van der Waals surface area contributed by atoms with Crippen LogP contribution in [0.5, 0.6) is 0 Å². The molecule has 0 spiro atoms. The molecule has 1 aromatic carbocycles. The fraction of sp³-hybridized carbons (Fsp3) is 0.250. The first-order valence-electron chi connectivity index (χ1n) is 3.37. The second kappa shape index (κ2) is 4.13. The van der Waals surface area contributed by atoms with Gasteiger partial charge in [0.05, 0.1) is 0 Å². The number of nitrogens with zero attached hydrogens (tertiary/aromatic N) is 1. The summed E-state index contributed by atoms with van der Waals surface area (Å²) in [5.74, 6) is 0. The Hall–Kier alpha value is -0.830. The average molecular weight is 167 g/mol. The minimum atomic E-state index is -0.197. The van der Waals surface area contributed by atoms with Crippen LogP contribution in [-0.4, -0.2) is 5.37 Å². The number of rotatable bonds is 3. The van der Waals surface area contributed by atoms with Gasteiger partial charge in [-0.3, -0.25) is 0 Å². The van der Waals surface area contributed by atoms with Crippen LogP contribution in [0, 0.1) is 4.91 Å². The van der Waals surface area contributed by atoms with Gasteiger partial charge < -0.3 is 0 Å². The van der Waals surface area contributed by atoms with Gasteiger partial charge >= 0.3 is 0 Å². The zero-order valence-electron chi connectivity index (χ0n) is 6.23. The number of thioether (sulfide) groups is 1. The Labute approximate surface area is 70.0 Å². The Morgan fingerprint density at radius 3 is 2.55 bits per heavy atom. The Bertz CT molecular complexity index is 225. The highest BCUT2D eigenvalue weighted by atomic mass is 32.2. The maximum atomic E-state index is 10.0. The van der Waals surface area contributed by atoms with E-state index in [2.05, 4.69) is 5.18 Å². The average Bonchev–Trinajstić information content (AvgIpc) is 2.06.